The van der Waals surface area contributed by atoms with Gasteiger partial charge in [0, 0.05) is 19.0 Å². The quantitative estimate of drug-likeness (QED) is 0.828. The van der Waals surface area contributed by atoms with Gasteiger partial charge in [-0.3, -0.25) is 0 Å². The van der Waals surface area contributed by atoms with Gasteiger partial charge in [0.25, 0.3) is 0 Å². The first-order chi connectivity index (χ1) is 10.3. The molecule has 2 nitrogen and oxygen atoms in total. The molecule has 1 fully saturated rings. The van der Waals surface area contributed by atoms with E-state index in [4.69, 9.17) is 16.3 Å². The zero-order chi connectivity index (χ0) is 14.5. The molecule has 21 heavy (non-hydrogen) atoms. The highest BCUT2D eigenvalue weighted by Gasteiger charge is 2.31. The monoisotopic (exact) mass is 307 g/mol. The van der Waals surface area contributed by atoms with Gasteiger partial charge in [-0.15, -0.1) is 11.6 Å². The van der Waals surface area contributed by atoms with Gasteiger partial charge in [-0.05, 0) is 35.8 Å². The van der Waals surface area contributed by atoms with Crippen LogP contribution in [0, 0.1) is 5.41 Å². The summed E-state index contributed by atoms with van der Waals surface area (Å²) >= 11 is 6.27. The van der Waals surface area contributed by atoms with Crippen LogP contribution in [0.4, 0.5) is 0 Å². The molecule has 116 valence electrons. The van der Waals surface area contributed by atoms with Crippen molar-refractivity contribution in [3.8, 4) is 0 Å². The lowest BCUT2D eigenvalue weighted by Crippen LogP contribution is -2.40. The minimum Gasteiger partial charge on any atom is -0.372 e. The standard InChI is InChI=1S/C18H26ClNO/c19-13-18(9-4-1-5-10-18)14-20-12-17-16-7-3-2-6-15(16)8-11-21-17/h2-3,6-7,17,20H,1,4-5,8-14H2. The number of alkyl halides is 1. The van der Waals surface area contributed by atoms with E-state index >= 15 is 0 Å². The van der Waals surface area contributed by atoms with E-state index in [1.807, 2.05) is 0 Å². The van der Waals surface area contributed by atoms with Crippen LogP contribution in [0.2, 0.25) is 0 Å². The average Bonchev–Trinajstić information content (AvgIpc) is 2.56. The van der Waals surface area contributed by atoms with E-state index in [9.17, 15) is 0 Å². The molecule has 0 amide bonds. The van der Waals surface area contributed by atoms with E-state index in [0.717, 1.165) is 32.0 Å². The van der Waals surface area contributed by atoms with Gasteiger partial charge < -0.3 is 10.1 Å². The predicted molar refractivity (Wildman–Crippen MR) is 87.9 cm³/mol. The number of hydrogen-bond acceptors (Lipinski definition) is 2. The summed E-state index contributed by atoms with van der Waals surface area (Å²) in [7, 11) is 0. The summed E-state index contributed by atoms with van der Waals surface area (Å²) in [6.07, 6.45) is 7.81. The van der Waals surface area contributed by atoms with Crippen molar-refractivity contribution in [1.82, 2.24) is 5.32 Å². The number of nitrogens with one attached hydrogen (secondary N) is 1. The zero-order valence-corrected chi connectivity index (χ0v) is 13.5. The van der Waals surface area contributed by atoms with Gasteiger partial charge in [0.2, 0.25) is 0 Å². The normalized spacial score (nSPS) is 24.5. The van der Waals surface area contributed by atoms with Gasteiger partial charge in [-0.25, -0.2) is 0 Å². The first kappa shape index (κ1) is 15.3. The second-order valence-electron chi connectivity index (χ2n) is 6.63. The third kappa shape index (κ3) is 3.61. The van der Waals surface area contributed by atoms with E-state index in [1.54, 1.807) is 0 Å². The van der Waals surface area contributed by atoms with Gasteiger partial charge in [-0.2, -0.15) is 0 Å². The largest absolute Gasteiger partial charge is 0.372 e. The molecule has 1 aliphatic heterocycles. The molecule has 1 heterocycles. The Labute approximate surface area is 133 Å². The van der Waals surface area contributed by atoms with Gasteiger partial charge in [0.15, 0.2) is 0 Å². The maximum Gasteiger partial charge on any atom is 0.0952 e. The smallest absolute Gasteiger partial charge is 0.0952 e. The van der Waals surface area contributed by atoms with Crippen LogP contribution in [0.15, 0.2) is 24.3 Å². The lowest BCUT2D eigenvalue weighted by atomic mass is 9.75. The minimum atomic E-state index is 0.200. The lowest BCUT2D eigenvalue weighted by Gasteiger charge is -2.36. The Balaban J connectivity index is 1.56. The minimum absolute atomic E-state index is 0.200. The number of fused-ring (bicyclic) bond motifs is 1. The number of halogens is 1. The molecule has 2 aliphatic rings. The molecular weight excluding hydrogens is 282 g/mol. The molecule has 1 unspecified atom stereocenters. The van der Waals surface area contributed by atoms with E-state index in [0.29, 0.717) is 5.41 Å². The van der Waals surface area contributed by atoms with Crippen molar-refractivity contribution in [2.45, 2.75) is 44.6 Å². The number of hydrogen-bond donors (Lipinski definition) is 1. The summed E-state index contributed by atoms with van der Waals surface area (Å²) in [5, 5.41) is 3.65. The molecule has 3 heteroatoms. The summed E-state index contributed by atoms with van der Waals surface area (Å²) in [5.41, 5.74) is 3.12. The molecule has 1 saturated carbocycles. The van der Waals surface area contributed by atoms with Crippen LogP contribution in [0.1, 0.15) is 49.3 Å². The number of benzene rings is 1. The van der Waals surface area contributed by atoms with Gasteiger partial charge >= 0.3 is 0 Å². The molecule has 0 bridgehead atoms. The third-order valence-corrected chi connectivity index (χ3v) is 5.69. The molecule has 0 spiro atoms. The molecule has 0 saturated heterocycles. The van der Waals surface area contributed by atoms with E-state index in [-0.39, 0.29) is 6.10 Å². The summed E-state index contributed by atoms with van der Waals surface area (Å²) < 4.78 is 5.96. The molecule has 1 aliphatic carbocycles. The first-order valence-electron chi connectivity index (χ1n) is 8.29. The van der Waals surface area contributed by atoms with E-state index in [2.05, 4.69) is 29.6 Å². The highest BCUT2D eigenvalue weighted by Crippen LogP contribution is 2.37. The van der Waals surface area contributed by atoms with Crippen LogP contribution >= 0.6 is 11.6 Å². The Morgan fingerprint density at radius 2 is 2.00 bits per heavy atom. The van der Waals surface area contributed by atoms with Crippen LogP contribution in [-0.4, -0.2) is 25.6 Å². The van der Waals surface area contributed by atoms with Crippen molar-refractivity contribution in [2.75, 3.05) is 25.6 Å². The van der Waals surface area contributed by atoms with Gasteiger partial charge in [0.1, 0.15) is 0 Å². The van der Waals surface area contributed by atoms with Crippen molar-refractivity contribution in [1.29, 1.82) is 0 Å². The fraction of sp³-hybridized carbons (Fsp3) is 0.667. The predicted octanol–water partition coefficient (Wildman–Crippen LogP) is 4.08. The second kappa shape index (κ2) is 7.13. The lowest BCUT2D eigenvalue weighted by molar-refractivity contribution is 0.0399. The average molecular weight is 308 g/mol. The molecular formula is C18H26ClNO. The van der Waals surface area contributed by atoms with Crippen molar-refractivity contribution in [3.05, 3.63) is 35.4 Å². The molecule has 1 aromatic carbocycles. The number of ether oxygens (including phenoxy) is 1. The van der Waals surface area contributed by atoms with Crippen LogP contribution in [0.5, 0.6) is 0 Å². The maximum atomic E-state index is 6.27. The Kier molecular flexibility index (Phi) is 5.20. The Hall–Kier alpha value is -0.570. The van der Waals surface area contributed by atoms with Crippen molar-refractivity contribution in [2.24, 2.45) is 5.41 Å². The topological polar surface area (TPSA) is 21.3 Å². The van der Waals surface area contributed by atoms with Crippen molar-refractivity contribution in [3.63, 3.8) is 0 Å². The summed E-state index contributed by atoms with van der Waals surface area (Å²) in [6.45, 7) is 2.76. The molecule has 1 N–H and O–H groups in total. The Morgan fingerprint density at radius 1 is 1.19 bits per heavy atom. The highest BCUT2D eigenvalue weighted by molar-refractivity contribution is 6.18. The zero-order valence-electron chi connectivity index (χ0n) is 12.7. The van der Waals surface area contributed by atoms with Crippen LogP contribution in [0.3, 0.4) is 0 Å². The molecule has 0 aromatic heterocycles. The summed E-state index contributed by atoms with van der Waals surface area (Å²) in [6, 6.07) is 8.67. The van der Waals surface area contributed by atoms with Crippen LogP contribution in [-0.2, 0) is 11.2 Å². The SMILES string of the molecule is ClCC1(CNCC2OCCc3ccccc32)CCCCC1. The van der Waals surface area contributed by atoms with Crippen molar-refractivity contribution < 1.29 is 4.74 Å². The maximum absolute atomic E-state index is 6.27. The number of rotatable bonds is 5. The summed E-state index contributed by atoms with van der Waals surface area (Å²) in [5.74, 6) is 0.780. The van der Waals surface area contributed by atoms with Crippen LogP contribution in [0.25, 0.3) is 0 Å². The fourth-order valence-corrected chi connectivity index (χ4v) is 4.14. The Morgan fingerprint density at radius 3 is 2.81 bits per heavy atom. The molecule has 3 rings (SSSR count). The molecule has 0 radical (unpaired) electrons. The van der Waals surface area contributed by atoms with Crippen LogP contribution < -0.4 is 5.32 Å². The van der Waals surface area contributed by atoms with Gasteiger partial charge in [-0.1, -0.05) is 43.5 Å². The fourth-order valence-electron chi connectivity index (χ4n) is 3.77. The van der Waals surface area contributed by atoms with Crippen molar-refractivity contribution >= 4 is 11.6 Å². The van der Waals surface area contributed by atoms with E-state index < -0.39 is 0 Å². The second-order valence-corrected chi connectivity index (χ2v) is 6.90. The summed E-state index contributed by atoms with van der Waals surface area (Å²) in [4.78, 5) is 0. The van der Waals surface area contributed by atoms with Gasteiger partial charge in [0.05, 0.1) is 12.7 Å². The first-order valence-corrected chi connectivity index (χ1v) is 8.83. The third-order valence-electron chi connectivity index (χ3n) is 5.12. The Bertz CT molecular complexity index is 456. The highest BCUT2D eigenvalue weighted by atomic mass is 35.5. The molecule has 1 aromatic rings. The molecule has 1 atom stereocenters. The van der Waals surface area contributed by atoms with E-state index in [1.165, 1.54) is 43.2 Å².